The van der Waals surface area contributed by atoms with Crippen molar-refractivity contribution in [3.63, 3.8) is 0 Å². The molecule has 126 valence electrons. The number of rotatable bonds is 7. The molecular formula is C15H22N4O4. The van der Waals surface area contributed by atoms with E-state index in [0.29, 0.717) is 26.2 Å². The summed E-state index contributed by atoms with van der Waals surface area (Å²) in [4.78, 5) is 23.8. The minimum atomic E-state index is -0.590. The molecule has 1 aromatic rings. The predicted molar refractivity (Wildman–Crippen MR) is 84.5 cm³/mol. The van der Waals surface area contributed by atoms with Gasteiger partial charge in [-0.25, -0.2) is 4.79 Å². The molecule has 0 radical (unpaired) electrons. The maximum Gasteiger partial charge on any atom is 0.332 e. The second kappa shape index (κ2) is 7.94. The molecule has 0 amide bonds. The van der Waals surface area contributed by atoms with Crippen LogP contribution in [0.2, 0.25) is 0 Å². The van der Waals surface area contributed by atoms with E-state index < -0.39 is 11.2 Å². The highest BCUT2D eigenvalue weighted by Crippen LogP contribution is 2.12. The molecule has 0 aromatic carbocycles. The summed E-state index contributed by atoms with van der Waals surface area (Å²) in [6, 6.07) is 1.86. The molecular weight excluding hydrogens is 300 g/mol. The van der Waals surface area contributed by atoms with E-state index >= 15 is 0 Å². The van der Waals surface area contributed by atoms with Crippen molar-refractivity contribution in [1.82, 2.24) is 9.13 Å². The number of anilines is 1. The zero-order valence-electron chi connectivity index (χ0n) is 13.5. The first-order valence-corrected chi connectivity index (χ1v) is 7.69. The quantitative estimate of drug-likeness (QED) is 0.707. The number of nitrogens with one attached hydrogen (secondary N) is 1. The lowest BCUT2D eigenvalue weighted by Crippen LogP contribution is -2.40. The van der Waals surface area contributed by atoms with Crippen LogP contribution in [-0.4, -0.2) is 41.6 Å². The standard InChI is InChI=1S/C15H22N4O4/c1-18-13(12(9-16)14(20)19(2)15(18)21)17-6-4-7-22-10-11-5-3-8-23-11/h11,17H,3-8,10H2,1-2H3. The van der Waals surface area contributed by atoms with Crippen LogP contribution in [0.25, 0.3) is 0 Å². The summed E-state index contributed by atoms with van der Waals surface area (Å²) in [5, 5.41) is 12.1. The number of nitriles is 1. The second-order valence-corrected chi connectivity index (χ2v) is 5.53. The molecule has 1 aromatic heterocycles. The van der Waals surface area contributed by atoms with E-state index in [1.807, 2.05) is 6.07 Å². The van der Waals surface area contributed by atoms with Gasteiger partial charge in [0.25, 0.3) is 5.56 Å². The van der Waals surface area contributed by atoms with Crippen LogP contribution in [-0.2, 0) is 23.6 Å². The first-order chi connectivity index (χ1) is 11.1. The normalized spacial score (nSPS) is 17.2. The summed E-state index contributed by atoms with van der Waals surface area (Å²) >= 11 is 0. The first kappa shape index (κ1) is 17.2. The second-order valence-electron chi connectivity index (χ2n) is 5.53. The monoisotopic (exact) mass is 322 g/mol. The third-order valence-corrected chi connectivity index (χ3v) is 3.86. The van der Waals surface area contributed by atoms with Gasteiger partial charge in [0.1, 0.15) is 11.9 Å². The molecule has 0 bridgehead atoms. The molecule has 0 saturated carbocycles. The van der Waals surface area contributed by atoms with Crippen molar-refractivity contribution in [3.8, 4) is 6.07 Å². The largest absolute Gasteiger partial charge is 0.379 e. The maximum absolute atomic E-state index is 11.9. The highest BCUT2D eigenvalue weighted by Gasteiger charge is 2.16. The Morgan fingerprint density at radius 2 is 2.17 bits per heavy atom. The van der Waals surface area contributed by atoms with Crippen molar-refractivity contribution in [2.24, 2.45) is 14.1 Å². The molecule has 2 rings (SSSR count). The Hall–Kier alpha value is -2.11. The van der Waals surface area contributed by atoms with Gasteiger partial charge in [0.15, 0.2) is 5.56 Å². The van der Waals surface area contributed by atoms with Crippen LogP contribution in [0.15, 0.2) is 9.59 Å². The number of hydrogen-bond acceptors (Lipinski definition) is 6. The van der Waals surface area contributed by atoms with Gasteiger partial charge >= 0.3 is 5.69 Å². The van der Waals surface area contributed by atoms with Crippen molar-refractivity contribution in [2.45, 2.75) is 25.4 Å². The molecule has 1 saturated heterocycles. The Labute approximate surface area is 134 Å². The van der Waals surface area contributed by atoms with Gasteiger partial charge in [0.2, 0.25) is 0 Å². The van der Waals surface area contributed by atoms with Crippen LogP contribution in [0.5, 0.6) is 0 Å². The fourth-order valence-electron chi connectivity index (χ4n) is 2.52. The highest BCUT2D eigenvalue weighted by atomic mass is 16.5. The Morgan fingerprint density at radius 1 is 1.39 bits per heavy atom. The fourth-order valence-corrected chi connectivity index (χ4v) is 2.52. The summed E-state index contributed by atoms with van der Waals surface area (Å²) in [6.45, 7) is 2.45. The van der Waals surface area contributed by atoms with Crippen molar-refractivity contribution < 1.29 is 9.47 Å². The number of nitrogens with zero attached hydrogens (tertiary/aromatic N) is 3. The summed E-state index contributed by atoms with van der Waals surface area (Å²) in [6.07, 6.45) is 3.02. The van der Waals surface area contributed by atoms with E-state index in [4.69, 9.17) is 14.7 Å². The molecule has 1 aliphatic heterocycles. The summed E-state index contributed by atoms with van der Waals surface area (Å²) < 4.78 is 13.2. The third-order valence-electron chi connectivity index (χ3n) is 3.86. The van der Waals surface area contributed by atoms with Crippen molar-refractivity contribution in [2.75, 3.05) is 31.7 Å². The van der Waals surface area contributed by atoms with Gasteiger partial charge in [0, 0.05) is 33.9 Å². The van der Waals surface area contributed by atoms with E-state index in [1.165, 1.54) is 18.7 Å². The van der Waals surface area contributed by atoms with Crippen LogP contribution in [0, 0.1) is 11.3 Å². The van der Waals surface area contributed by atoms with Gasteiger partial charge in [-0.15, -0.1) is 0 Å². The van der Waals surface area contributed by atoms with Gasteiger partial charge in [-0.1, -0.05) is 0 Å². The molecule has 23 heavy (non-hydrogen) atoms. The molecule has 1 aliphatic rings. The van der Waals surface area contributed by atoms with Gasteiger partial charge in [0.05, 0.1) is 12.7 Å². The van der Waals surface area contributed by atoms with E-state index in [1.54, 1.807) is 0 Å². The lowest BCUT2D eigenvalue weighted by atomic mass is 10.2. The van der Waals surface area contributed by atoms with E-state index in [0.717, 1.165) is 24.0 Å². The van der Waals surface area contributed by atoms with E-state index in [-0.39, 0.29) is 17.5 Å². The van der Waals surface area contributed by atoms with Crippen LogP contribution >= 0.6 is 0 Å². The van der Waals surface area contributed by atoms with Gasteiger partial charge < -0.3 is 14.8 Å². The molecule has 2 heterocycles. The average Bonchev–Trinajstić information content (AvgIpc) is 3.06. The van der Waals surface area contributed by atoms with Crippen LogP contribution < -0.4 is 16.6 Å². The first-order valence-electron chi connectivity index (χ1n) is 7.69. The summed E-state index contributed by atoms with van der Waals surface area (Å²) in [7, 11) is 2.88. The minimum absolute atomic E-state index is 0.0603. The van der Waals surface area contributed by atoms with E-state index in [9.17, 15) is 9.59 Å². The molecule has 8 nitrogen and oxygen atoms in total. The summed E-state index contributed by atoms with van der Waals surface area (Å²) in [5.41, 5.74) is -1.12. The third kappa shape index (κ3) is 4.00. The molecule has 0 aliphatic carbocycles. The SMILES string of the molecule is Cn1c(NCCCOCC2CCCO2)c(C#N)c(=O)n(C)c1=O. The molecule has 1 fully saturated rings. The van der Waals surface area contributed by atoms with Crippen LogP contribution in [0.1, 0.15) is 24.8 Å². The maximum atomic E-state index is 11.9. The van der Waals surface area contributed by atoms with Crippen molar-refractivity contribution in [1.29, 1.82) is 5.26 Å². The van der Waals surface area contributed by atoms with Gasteiger partial charge in [-0.2, -0.15) is 5.26 Å². The zero-order chi connectivity index (χ0) is 16.8. The van der Waals surface area contributed by atoms with Crippen LogP contribution in [0.4, 0.5) is 5.82 Å². The minimum Gasteiger partial charge on any atom is -0.379 e. The molecule has 0 spiro atoms. The van der Waals surface area contributed by atoms with Crippen molar-refractivity contribution >= 4 is 5.82 Å². The number of ether oxygens (including phenoxy) is 2. The smallest absolute Gasteiger partial charge is 0.332 e. The number of hydrogen-bond donors (Lipinski definition) is 1. The van der Waals surface area contributed by atoms with Crippen LogP contribution in [0.3, 0.4) is 0 Å². The zero-order valence-corrected chi connectivity index (χ0v) is 13.5. The highest BCUT2D eigenvalue weighted by molar-refractivity contribution is 5.51. The van der Waals surface area contributed by atoms with E-state index in [2.05, 4.69) is 5.32 Å². The number of aromatic nitrogens is 2. The van der Waals surface area contributed by atoms with Gasteiger partial charge in [-0.05, 0) is 19.3 Å². The summed E-state index contributed by atoms with van der Waals surface area (Å²) in [5.74, 6) is 0.250. The Morgan fingerprint density at radius 3 is 2.83 bits per heavy atom. The van der Waals surface area contributed by atoms with Gasteiger partial charge in [-0.3, -0.25) is 13.9 Å². The fraction of sp³-hybridized carbons (Fsp3) is 0.667. The van der Waals surface area contributed by atoms with Crippen molar-refractivity contribution in [3.05, 3.63) is 26.4 Å². The Bertz CT molecular complexity index is 695. The Kier molecular flexibility index (Phi) is 5.96. The Balaban J connectivity index is 1.87. The predicted octanol–water partition coefficient (Wildman–Crippen LogP) is -0.0467. The topological polar surface area (TPSA) is 98.3 Å². The molecule has 8 heteroatoms. The molecule has 1 atom stereocenters. The lowest BCUT2D eigenvalue weighted by molar-refractivity contribution is 0.0172. The average molecular weight is 322 g/mol. The molecule has 1 N–H and O–H groups in total. The molecule has 1 unspecified atom stereocenters. The lowest BCUT2D eigenvalue weighted by Gasteiger charge is -2.14.